The third-order valence-electron chi connectivity index (χ3n) is 5.21. The van der Waals surface area contributed by atoms with E-state index in [9.17, 15) is 33.9 Å². The summed E-state index contributed by atoms with van der Waals surface area (Å²) in [6.45, 7) is 0.215. The Bertz CT molecular complexity index is 964. The zero-order valence-electron chi connectivity index (χ0n) is 22.0. The van der Waals surface area contributed by atoms with Gasteiger partial charge in [0, 0.05) is 19.5 Å². The molecular formula is C21H40N12O7. The standard InChI is InChI=1S/C21H40N12O7/c22-10(9-15(24)35)16(36)31-12(5-6-14(23)34)18(38)32-11(3-1-7-29-20(25)26)17(37)33-13(19(39)40)4-2-8-30-21(27)28/h10-13H,1-9,22H2,(H2,23,34)(H2,24,35)(H,31,36)(H,32,38)(H,33,37)(H,39,40)(H4,25,26,29)(H4,27,28,30). The SMILES string of the molecule is NC(=O)CCC(NC(=O)C(N)CC(N)=O)C(=O)NC(CCCN=C(N)N)C(=O)NC(CCCN=C(N)N)C(=O)O. The Labute approximate surface area is 230 Å². The number of carboxylic acids is 1. The Morgan fingerprint density at radius 3 is 1.48 bits per heavy atom. The van der Waals surface area contributed by atoms with E-state index in [1.54, 1.807) is 0 Å². The van der Waals surface area contributed by atoms with Gasteiger partial charge in [-0.1, -0.05) is 0 Å². The summed E-state index contributed by atoms with van der Waals surface area (Å²) in [6.07, 6.45) is -0.730. The molecule has 5 amide bonds. The second kappa shape index (κ2) is 18.6. The lowest BCUT2D eigenvalue weighted by atomic mass is 10.1. The number of aliphatic carboxylic acids is 1. The van der Waals surface area contributed by atoms with E-state index in [0.29, 0.717) is 0 Å². The molecule has 40 heavy (non-hydrogen) atoms. The number of carbonyl (C=O) groups excluding carboxylic acids is 5. The first kappa shape index (κ1) is 35.3. The van der Waals surface area contributed by atoms with Crippen molar-refractivity contribution in [3.63, 3.8) is 0 Å². The van der Waals surface area contributed by atoms with Crippen LogP contribution in [0.5, 0.6) is 0 Å². The minimum Gasteiger partial charge on any atom is -0.480 e. The van der Waals surface area contributed by atoms with Gasteiger partial charge >= 0.3 is 5.97 Å². The minimum atomic E-state index is -1.39. The average molecular weight is 573 g/mol. The molecule has 0 saturated heterocycles. The van der Waals surface area contributed by atoms with Crippen LogP contribution >= 0.6 is 0 Å². The molecule has 0 aliphatic heterocycles. The van der Waals surface area contributed by atoms with Gasteiger partial charge in [-0.25, -0.2) is 4.79 Å². The summed E-state index contributed by atoms with van der Waals surface area (Å²) < 4.78 is 0. The van der Waals surface area contributed by atoms with Crippen LogP contribution in [0.25, 0.3) is 0 Å². The third-order valence-corrected chi connectivity index (χ3v) is 5.21. The summed E-state index contributed by atoms with van der Waals surface area (Å²) in [5, 5.41) is 16.6. The van der Waals surface area contributed by atoms with Crippen molar-refractivity contribution in [2.24, 2.45) is 50.1 Å². The van der Waals surface area contributed by atoms with Gasteiger partial charge in [0.1, 0.15) is 18.1 Å². The molecule has 4 unspecified atom stereocenters. The predicted molar refractivity (Wildman–Crippen MR) is 143 cm³/mol. The number of rotatable bonds is 20. The number of carboxylic acid groups (broad SMARTS) is 1. The maximum Gasteiger partial charge on any atom is 0.326 e. The van der Waals surface area contributed by atoms with Crippen molar-refractivity contribution < 1.29 is 33.9 Å². The zero-order valence-corrected chi connectivity index (χ0v) is 22.0. The molecule has 0 radical (unpaired) electrons. The van der Waals surface area contributed by atoms with Gasteiger partial charge < -0.3 is 61.2 Å². The molecule has 4 atom stereocenters. The van der Waals surface area contributed by atoms with Gasteiger partial charge in [0.2, 0.25) is 29.5 Å². The lowest BCUT2D eigenvalue weighted by Crippen LogP contribution is -2.57. The number of primary amides is 2. The summed E-state index contributed by atoms with van der Waals surface area (Å²) in [5.74, 6) is -6.00. The molecule has 0 spiro atoms. The summed E-state index contributed by atoms with van der Waals surface area (Å²) in [6, 6.07) is -5.40. The fourth-order valence-electron chi connectivity index (χ4n) is 3.22. The minimum absolute atomic E-state index is 0.0262. The van der Waals surface area contributed by atoms with Crippen molar-refractivity contribution in [2.45, 2.75) is 69.1 Å². The van der Waals surface area contributed by atoms with Crippen LogP contribution in [-0.2, 0) is 28.8 Å². The lowest BCUT2D eigenvalue weighted by molar-refractivity contribution is -0.142. The summed E-state index contributed by atoms with van der Waals surface area (Å²) >= 11 is 0. The molecule has 0 saturated carbocycles. The van der Waals surface area contributed by atoms with E-state index in [2.05, 4.69) is 25.9 Å². The first-order chi connectivity index (χ1) is 18.6. The molecule has 0 aromatic carbocycles. The van der Waals surface area contributed by atoms with Crippen molar-refractivity contribution in [1.29, 1.82) is 0 Å². The van der Waals surface area contributed by atoms with Crippen molar-refractivity contribution in [2.75, 3.05) is 13.1 Å². The largest absolute Gasteiger partial charge is 0.480 e. The molecule has 0 bridgehead atoms. The van der Waals surface area contributed by atoms with Crippen LogP contribution in [0, 0.1) is 0 Å². The van der Waals surface area contributed by atoms with Crippen LogP contribution in [0.4, 0.5) is 0 Å². The molecule has 0 fully saturated rings. The highest BCUT2D eigenvalue weighted by molar-refractivity contribution is 5.95. The van der Waals surface area contributed by atoms with Gasteiger partial charge in [0.05, 0.1) is 12.5 Å². The monoisotopic (exact) mass is 572 g/mol. The van der Waals surface area contributed by atoms with Crippen molar-refractivity contribution in [3.05, 3.63) is 0 Å². The summed E-state index contributed by atoms with van der Waals surface area (Å²) in [7, 11) is 0. The smallest absolute Gasteiger partial charge is 0.326 e. The average Bonchev–Trinajstić information content (AvgIpc) is 2.83. The normalized spacial score (nSPS) is 13.4. The van der Waals surface area contributed by atoms with Crippen molar-refractivity contribution >= 4 is 47.4 Å². The number of guanidine groups is 2. The van der Waals surface area contributed by atoms with Crippen LogP contribution in [-0.4, -0.2) is 89.8 Å². The number of amides is 5. The Morgan fingerprint density at radius 2 is 1.05 bits per heavy atom. The van der Waals surface area contributed by atoms with Gasteiger partial charge in [0.25, 0.3) is 0 Å². The van der Waals surface area contributed by atoms with Crippen molar-refractivity contribution in [3.8, 4) is 0 Å². The summed E-state index contributed by atoms with van der Waals surface area (Å²) in [5.41, 5.74) is 36.9. The number of nitrogens with zero attached hydrogens (tertiary/aromatic N) is 2. The quantitative estimate of drug-likeness (QED) is 0.0369. The second-order valence-electron chi connectivity index (χ2n) is 8.70. The van der Waals surface area contributed by atoms with Crippen LogP contribution in [0.3, 0.4) is 0 Å². The molecular weight excluding hydrogens is 532 g/mol. The molecule has 0 rings (SSSR count). The van der Waals surface area contributed by atoms with Gasteiger partial charge in [-0.3, -0.25) is 34.0 Å². The fourth-order valence-corrected chi connectivity index (χ4v) is 3.22. The Balaban J connectivity index is 5.73. The molecule has 226 valence electrons. The first-order valence-electron chi connectivity index (χ1n) is 12.2. The van der Waals surface area contributed by atoms with E-state index in [1.807, 2.05) is 0 Å². The van der Waals surface area contributed by atoms with E-state index >= 15 is 0 Å². The highest BCUT2D eigenvalue weighted by atomic mass is 16.4. The Kier molecular flexibility index (Phi) is 16.4. The lowest BCUT2D eigenvalue weighted by Gasteiger charge is -2.25. The molecule has 18 N–H and O–H groups in total. The van der Waals surface area contributed by atoms with Crippen LogP contribution in [0.1, 0.15) is 44.9 Å². The van der Waals surface area contributed by atoms with Gasteiger partial charge in [-0.05, 0) is 32.1 Å². The second-order valence-corrected chi connectivity index (χ2v) is 8.70. The molecule has 0 heterocycles. The van der Waals surface area contributed by atoms with Gasteiger partial charge in [-0.2, -0.15) is 0 Å². The summed E-state index contributed by atoms with van der Waals surface area (Å²) in [4.78, 5) is 80.1. The number of nitrogens with one attached hydrogen (secondary N) is 3. The van der Waals surface area contributed by atoms with E-state index in [1.165, 1.54) is 0 Å². The van der Waals surface area contributed by atoms with Crippen LogP contribution < -0.4 is 56.1 Å². The highest BCUT2D eigenvalue weighted by Crippen LogP contribution is 2.06. The zero-order chi connectivity index (χ0) is 30.8. The molecule has 19 heteroatoms. The van der Waals surface area contributed by atoms with E-state index in [-0.39, 0.29) is 63.5 Å². The van der Waals surface area contributed by atoms with E-state index < -0.39 is 66.1 Å². The number of nitrogens with two attached hydrogens (primary N) is 7. The number of carbonyl (C=O) groups is 6. The predicted octanol–water partition coefficient (Wildman–Crippen LogP) is -5.90. The number of hydrogen-bond acceptors (Lipinski definition) is 9. The molecule has 19 nitrogen and oxygen atoms in total. The fraction of sp³-hybridized carbons (Fsp3) is 0.619. The molecule has 0 aliphatic carbocycles. The first-order valence-corrected chi connectivity index (χ1v) is 12.2. The van der Waals surface area contributed by atoms with E-state index in [0.717, 1.165) is 0 Å². The highest BCUT2D eigenvalue weighted by Gasteiger charge is 2.30. The van der Waals surface area contributed by atoms with Crippen LogP contribution in [0.15, 0.2) is 9.98 Å². The Morgan fingerprint density at radius 1 is 0.625 bits per heavy atom. The molecule has 0 aromatic heterocycles. The number of aliphatic imine (C=N–C) groups is 2. The van der Waals surface area contributed by atoms with Crippen molar-refractivity contribution in [1.82, 2.24) is 16.0 Å². The topological polar surface area (TPSA) is 366 Å². The Hall–Kier alpha value is -4.68. The van der Waals surface area contributed by atoms with Crippen LogP contribution in [0.2, 0.25) is 0 Å². The number of hydrogen-bond donors (Lipinski definition) is 11. The third kappa shape index (κ3) is 16.2. The maximum absolute atomic E-state index is 13.1. The van der Waals surface area contributed by atoms with Gasteiger partial charge in [-0.15, -0.1) is 0 Å². The molecule has 0 aromatic rings. The molecule has 0 aliphatic rings. The maximum atomic E-state index is 13.1. The van der Waals surface area contributed by atoms with E-state index in [4.69, 9.17) is 40.1 Å². The van der Waals surface area contributed by atoms with Gasteiger partial charge in [0.15, 0.2) is 11.9 Å².